The molecule has 4 aromatic rings. The van der Waals surface area contributed by atoms with Crippen LogP contribution in [0, 0.1) is 0 Å². The highest BCUT2D eigenvalue weighted by molar-refractivity contribution is 7.90. The van der Waals surface area contributed by atoms with Gasteiger partial charge in [0.2, 0.25) is 0 Å². The topological polar surface area (TPSA) is 94.2 Å². The quantitative estimate of drug-likeness (QED) is 0.461. The Balaban J connectivity index is 1.61. The molecule has 160 valence electrons. The van der Waals surface area contributed by atoms with Crippen LogP contribution in [0.4, 0.5) is 0 Å². The maximum atomic E-state index is 11.6. The van der Waals surface area contributed by atoms with Gasteiger partial charge in [0.25, 0.3) is 0 Å². The number of aromatic amines is 1. The second-order valence-corrected chi connectivity index (χ2v) is 9.50. The minimum absolute atomic E-state index is 0.00128. The number of rotatable bonds is 7. The number of nitrogens with zero attached hydrogens (tertiary/aromatic N) is 2. The molecule has 1 N–H and O–H groups in total. The molecular formula is C23H23N3O4S. The fraction of sp³-hybridized carbons (Fsp3) is 0.217. The average Bonchev–Trinajstić information content (AvgIpc) is 3.16. The first-order chi connectivity index (χ1) is 14.8. The lowest BCUT2D eigenvalue weighted by atomic mass is 10.1. The van der Waals surface area contributed by atoms with E-state index in [1.165, 1.54) is 6.26 Å². The molecule has 2 aromatic heterocycles. The lowest BCUT2D eigenvalue weighted by Crippen LogP contribution is -2.07. The predicted molar refractivity (Wildman–Crippen MR) is 119 cm³/mol. The third-order valence-electron chi connectivity index (χ3n) is 4.58. The summed E-state index contributed by atoms with van der Waals surface area (Å²) in [5.41, 5.74) is 3.11. The number of hydrogen-bond acceptors (Lipinski definition) is 6. The third-order valence-corrected chi connectivity index (χ3v) is 5.71. The average molecular weight is 438 g/mol. The highest BCUT2D eigenvalue weighted by atomic mass is 32.2. The van der Waals surface area contributed by atoms with Crippen LogP contribution in [-0.4, -0.2) is 35.7 Å². The third kappa shape index (κ3) is 4.86. The van der Waals surface area contributed by atoms with Gasteiger partial charge in [-0.2, -0.15) is 0 Å². The summed E-state index contributed by atoms with van der Waals surface area (Å²) in [5, 5.41) is 0. The molecule has 0 saturated heterocycles. The van der Waals surface area contributed by atoms with Gasteiger partial charge in [-0.1, -0.05) is 12.1 Å². The standard InChI is InChI=1S/C23H23N3O4S/c1-15(2)30-21-11-8-17(29-14-16-6-9-18(10-7-16)31(3,27)28)13-19(21)22-25-20-5-4-12-24-23(20)26-22/h4-13,15H,14H2,1-3H3,(H,24,25,26). The summed E-state index contributed by atoms with van der Waals surface area (Å²) in [4.78, 5) is 12.5. The van der Waals surface area contributed by atoms with Crippen LogP contribution in [0.25, 0.3) is 22.6 Å². The summed E-state index contributed by atoms with van der Waals surface area (Å²) in [5.74, 6) is 1.98. The minimum atomic E-state index is -3.22. The molecule has 0 aliphatic carbocycles. The van der Waals surface area contributed by atoms with E-state index < -0.39 is 9.84 Å². The molecule has 8 heteroatoms. The Bertz CT molecular complexity index is 1280. The molecule has 0 unspecified atom stereocenters. The van der Waals surface area contributed by atoms with Crippen LogP contribution in [0.15, 0.2) is 65.7 Å². The first-order valence-corrected chi connectivity index (χ1v) is 11.7. The fourth-order valence-electron chi connectivity index (χ4n) is 3.11. The second kappa shape index (κ2) is 8.39. The normalized spacial score (nSPS) is 11.7. The zero-order valence-corrected chi connectivity index (χ0v) is 18.3. The number of imidazole rings is 1. The van der Waals surface area contributed by atoms with Gasteiger partial charge in [0.05, 0.1) is 16.6 Å². The van der Waals surface area contributed by atoms with Crippen LogP contribution in [0.3, 0.4) is 0 Å². The largest absolute Gasteiger partial charge is 0.490 e. The van der Waals surface area contributed by atoms with Crippen LogP contribution in [0.2, 0.25) is 0 Å². The van der Waals surface area contributed by atoms with Crippen LogP contribution in [0.5, 0.6) is 11.5 Å². The smallest absolute Gasteiger partial charge is 0.175 e. The number of nitrogens with one attached hydrogen (secondary N) is 1. The summed E-state index contributed by atoms with van der Waals surface area (Å²) in [6.45, 7) is 4.23. The molecule has 2 heterocycles. The number of ether oxygens (including phenoxy) is 2. The molecule has 0 aliphatic rings. The van der Waals surface area contributed by atoms with E-state index in [-0.39, 0.29) is 11.0 Å². The molecule has 0 aliphatic heterocycles. The van der Waals surface area contributed by atoms with E-state index in [9.17, 15) is 8.42 Å². The number of sulfone groups is 1. The molecule has 0 radical (unpaired) electrons. The van der Waals surface area contributed by atoms with Gasteiger partial charge in [-0.3, -0.25) is 0 Å². The summed E-state index contributed by atoms with van der Waals surface area (Å²) < 4.78 is 35.1. The molecule has 4 rings (SSSR count). The monoisotopic (exact) mass is 437 g/mol. The van der Waals surface area contributed by atoms with Gasteiger partial charge in [0, 0.05) is 12.5 Å². The first-order valence-electron chi connectivity index (χ1n) is 9.83. The van der Waals surface area contributed by atoms with Crippen LogP contribution in [0.1, 0.15) is 19.4 Å². The van der Waals surface area contributed by atoms with E-state index in [2.05, 4.69) is 15.0 Å². The van der Waals surface area contributed by atoms with Crippen molar-refractivity contribution in [1.29, 1.82) is 0 Å². The molecule has 2 aromatic carbocycles. The maximum absolute atomic E-state index is 11.6. The molecule has 0 amide bonds. The van der Waals surface area contributed by atoms with Crippen LogP contribution < -0.4 is 9.47 Å². The van der Waals surface area contributed by atoms with Crippen molar-refractivity contribution in [3.8, 4) is 22.9 Å². The Morgan fingerprint density at radius 1 is 1.06 bits per heavy atom. The summed E-state index contributed by atoms with van der Waals surface area (Å²) in [7, 11) is -3.22. The molecule has 7 nitrogen and oxygen atoms in total. The Labute approximate surface area is 181 Å². The van der Waals surface area contributed by atoms with Crippen molar-refractivity contribution in [3.05, 3.63) is 66.4 Å². The van der Waals surface area contributed by atoms with Gasteiger partial charge >= 0.3 is 0 Å². The van der Waals surface area contributed by atoms with Gasteiger partial charge in [-0.15, -0.1) is 0 Å². The minimum Gasteiger partial charge on any atom is -0.490 e. The highest BCUT2D eigenvalue weighted by Gasteiger charge is 2.15. The molecule has 0 fully saturated rings. The van der Waals surface area contributed by atoms with Crippen molar-refractivity contribution in [2.24, 2.45) is 0 Å². The number of fused-ring (bicyclic) bond motifs is 1. The molecule has 0 saturated carbocycles. The van der Waals surface area contributed by atoms with Gasteiger partial charge in [-0.05, 0) is 61.9 Å². The van der Waals surface area contributed by atoms with Gasteiger partial charge in [0.1, 0.15) is 29.4 Å². The number of hydrogen-bond donors (Lipinski definition) is 1. The zero-order valence-electron chi connectivity index (χ0n) is 17.5. The van der Waals surface area contributed by atoms with E-state index in [4.69, 9.17) is 9.47 Å². The van der Waals surface area contributed by atoms with Gasteiger partial charge < -0.3 is 14.5 Å². The Morgan fingerprint density at radius 2 is 1.84 bits per heavy atom. The Hall–Kier alpha value is -3.39. The zero-order chi connectivity index (χ0) is 22.0. The maximum Gasteiger partial charge on any atom is 0.175 e. The number of pyridine rings is 1. The van der Waals surface area contributed by atoms with Gasteiger partial charge in [-0.25, -0.2) is 18.4 Å². The number of benzene rings is 2. The van der Waals surface area contributed by atoms with Crippen molar-refractivity contribution < 1.29 is 17.9 Å². The van der Waals surface area contributed by atoms with Crippen molar-refractivity contribution in [3.63, 3.8) is 0 Å². The van der Waals surface area contributed by atoms with Crippen LogP contribution in [-0.2, 0) is 16.4 Å². The Kier molecular flexibility index (Phi) is 5.65. The SMILES string of the molecule is CC(C)Oc1ccc(OCc2ccc(S(C)(=O)=O)cc2)cc1-c1nc2cccnc2[nH]1. The molecule has 0 spiro atoms. The van der Waals surface area contributed by atoms with Crippen molar-refractivity contribution in [2.75, 3.05) is 6.26 Å². The van der Waals surface area contributed by atoms with Crippen molar-refractivity contribution >= 4 is 21.0 Å². The van der Waals surface area contributed by atoms with E-state index in [0.29, 0.717) is 29.6 Å². The second-order valence-electron chi connectivity index (χ2n) is 7.49. The summed E-state index contributed by atoms with van der Waals surface area (Å²) >= 11 is 0. The van der Waals surface area contributed by atoms with E-state index in [1.807, 2.05) is 44.2 Å². The van der Waals surface area contributed by atoms with Crippen molar-refractivity contribution in [2.45, 2.75) is 31.5 Å². The highest BCUT2D eigenvalue weighted by Crippen LogP contribution is 2.33. The van der Waals surface area contributed by atoms with Gasteiger partial charge in [0.15, 0.2) is 15.5 Å². The number of H-pyrrole nitrogens is 1. The molecule has 0 bridgehead atoms. The summed E-state index contributed by atoms with van der Waals surface area (Å²) in [6, 6.07) is 16.0. The van der Waals surface area contributed by atoms with Crippen molar-refractivity contribution in [1.82, 2.24) is 15.0 Å². The molecule has 31 heavy (non-hydrogen) atoms. The molecular weight excluding hydrogens is 414 g/mol. The molecule has 0 atom stereocenters. The lowest BCUT2D eigenvalue weighted by Gasteiger charge is -2.15. The summed E-state index contributed by atoms with van der Waals surface area (Å²) in [6.07, 6.45) is 2.90. The van der Waals surface area contributed by atoms with E-state index in [1.54, 1.807) is 30.5 Å². The number of aromatic nitrogens is 3. The van der Waals surface area contributed by atoms with E-state index >= 15 is 0 Å². The predicted octanol–water partition coefficient (Wildman–Crippen LogP) is 4.39. The van der Waals surface area contributed by atoms with E-state index in [0.717, 1.165) is 16.6 Å². The first kappa shape index (κ1) is 20.9. The lowest BCUT2D eigenvalue weighted by molar-refractivity contribution is 0.242. The van der Waals surface area contributed by atoms with Crippen LogP contribution >= 0.6 is 0 Å². The fourth-order valence-corrected chi connectivity index (χ4v) is 3.74. The Morgan fingerprint density at radius 3 is 2.52 bits per heavy atom.